The normalized spacial score (nSPS) is 27.1. The summed E-state index contributed by atoms with van der Waals surface area (Å²) >= 11 is 0. The lowest BCUT2D eigenvalue weighted by atomic mass is 10.0. The zero-order chi connectivity index (χ0) is 12.8. The van der Waals surface area contributed by atoms with E-state index >= 15 is 0 Å². The lowest BCUT2D eigenvalue weighted by Gasteiger charge is -2.23. The molecule has 0 aliphatic carbocycles. The van der Waals surface area contributed by atoms with Gasteiger partial charge in [0.25, 0.3) is 0 Å². The highest BCUT2D eigenvalue weighted by Gasteiger charge is 2.38. The lowest BCUT2D eigenvalue weighted by Crippen LogP contribution is -2.26. The van der Waals surface area contributed by atoms with Gasteiger partial charge in [-0.2, -0.15) is 0 Å². The van der Waals surface area contributed by atoms with Gasteiger partial charge >= 0.3 is 0 Å². The quantitative estimate of drug-likeness (QED) is 0.770. The minimum absolute atomic E-state index is 0.865. The van der Waals surface area contributed by atoms with E-state index in [1.807, 2.05) is 0 Å². The summed E-state index contributed by atoms with van der Waals surface area (Å²) in [5.74, 6) is 1.73. The van der Waals surface area contributed by atoms with E-state index in [4.69, 9.17) is 0 Å². The van der Waals surface area contributed by atoms with Gasteiger partial charge in [0.1, 0.15) is 0 Å². The van der Waals surface area contributed by atoms with Crippen molar-refractivity contribution >= 4 is 16.5 Å². The topological polar surface area (TPSA) is 6.48 Å². The van der Waals surface area contributed by atoms with Gasteiger partial charge in [0.15, 0.2) is 0 Å². The Bertz CT molecular complexity index is 588. The second-order valence-corrected chi connectivity index (χ2v) is 6.14. The first-order valence-electron chi connectivity index (χ1n) is 7.22. The minimum Gasteiger partial charge on any atom is -0.370 e. The molecule has 2 heterocycles. The first-order chi connectivity index (χ1) is 9.31. The average molecular weight is 252 g/mol. The number of rotatable bonds is 1. The SMILES string of the molecule is CN1CC2CN(c3cccc4ccccc34)CC2C1. The molecule has 2 aromatic carbocycles. The van der Waals surface area contributed by atoms with Crippen LogP contribution < -0.4 is 4.90 Å². The second kappa shape index (κ2) is 4.24. The Morgan fingerprint density at radius 2 is 1.53 bits per heavy atom. The third-order valence-electron chi connectivity index (χ3n) is 4.78. The van der Waals surface area contributed by atoms with Crippen LogP contribution in [0.4, 0.5) is 5.69 Å². The number of anilines is 1. The first kappa shape index (κ1) is 11.3. The van der Waals surface area contributed by atoms with Crippen LogP contribution in [0.3, 0.4) is 0 Å². The van der Waals surface area contributed by atoms with Crippen LogP contribution in [-0.4, -0.2) is 38.1 Å². The van der Waals surface area contributed by atoms with Crippen molar-refractivity contribution < 1.29 is 0 Å². The fraction of sp³-hybridized carbons (Fsp3) is 0.412. The molecule has 2 unspecified atom stereocenters. The van der Waals surface area contributed by atoms with E-state index in [0.29, 0.717) is 0 Å². The molecule has 0 bridgehead atoms. The van der Waals surface area contributed by atoms with Crippen molar-refractivity contribution in [2.45, 2.75) is 0 Å². The zero-order valence-electron chi connectivity index (χ0n) is 11.4. The predicted octanol–water partition coefficient (Wildman–Crippen LogP) is 2.84. The second-order valence-electron chi connectivity index (χ2n) is 6.14. The van der Waals surface area contributed by atoms with Crippen molar-refractivity contribution in [2.75, 3.05) is 38.1 Å². The van der Waals surface area contributed by atoms with Crippen molar-refractivity contribution in [1.29, 1.82) is 0 Å². The highest BCUT2D eigenvalue weighted by molar-refractivity contribution is 5.94. The number of nitrogens with zero attached hydrogens (tertiary/aromatic N) is 2. The number of hydrogen-bond donors (Lipinski definition) is 0. The Labute approximate surface area is 114 Å². The molecule has 2 aromatic rings. The van der Waals surface area contributed by atoms with Crippen molar-refractivity contribution in [2.24, 2.45) is 11.8 Å². The molecule has 0 amide bonds. The number of fused-ring (bicyclic) bond motifs is 2. The molecule has 4 rings (SSSR count). The molecule has 0 aromatic heterocycles. The molecule has 2 aliphatic rings. The summed E-state index contributed by atoms with van der Waals surface area (Å²) in [5.41, 5.74) is 1.43. The van der Waals surface area contributed by atoms with Crippen LogP contribution in [0.2, 0.25) is 0 Å². The Morgan fingerprint density at radius 1 is 0.842 bits per heavy atom. The molecule has 0 spiro atoms. The smallest absolute Gasteiger partial charge is 0.0446 e. The summed E-state index contributed by atoms with van der Waals surface area (Å²) in [7, 11) is 2.25. The van der Waals surface area contributed by atoms with Crippen LogP contribution in [0, 0.1) is 11.8 Å². The van der Waals surface area contributed by atoms with Crippen LogP contribution in [0.25, 0.3) is 10.8 Å². The Balaban J connectivity index is 1.69. The Hall–Kier alpha value is -1.54. The zero-order valence-corrected chi connectivity index (χ0v) is 11.4. The molecule has 98 valence electrons. The number of likely N-dealkylation sites (tertiary alicyclic amines) is 1. The Morgan fingerprint density at radius 3 is 2.32 bits per heavy atom. The molecule has 2 fully saturated rings. The van der Waals surface area contributed by atoms with Gasteiger partial charge in [-0.05, 0) is 30.3 Å². The van der Waals surface area contributed by atoms with Crippen LogP contribution >= 0.6 is 0 Å². The first-order valence-corrected chi connectivity index (χ1v) is 7.22. The Kier molecular flexibility index (Phi) is 2.52. The van der Waals surface area contributed by atoms with Gasteiger partial charge in [0, 0.05) is 37.3 Å². The van der Waals surface area contributed by atoms with Crippen molar-refractivity contribution in [3.05, 3.63) is 42.5 Å². The molecule has 2 heteroatoms. The molecule has 0 N–H and O–H groups in total. The predicted molar refractivity (Wildman–Crippen MR) is 80.6 cm³/mol. The summed E-state index contributed by atoms with van der Waals surface area (Å²) in [4.78, 5) is 5.08. The summed E-state index contributed by atoms with van der Waals surface area (Å²) in [5, 5.41) is 2.76. The van der Waals surface area contributed by atoms with Crippen molar-refractivity contribution in [3.8, 4) is 0 Å². The third-order valence-corrected chi connectivity index (χ3v) is 4.78. The highest BCUT2D eigenvalue weighted by atomic mass is 15.2. The van der Waals surface area contributed by atoms with Crippen LogP contribution in [0.15, 0.2) is 42.5 Å². The van der Waals surface area contributed by atoms with Gasteiger partial charge in [-0.1, -0.05) is 36.4 Å². The molecule has 2 saturated heterocycles. The fourth-order valence-electron chi connectivity index (χ4n) is 3.91. The van der Waals surface area contributed by atoms with E-state index in [1.54, 1.807) is 0 Å². The van der Waals surface area contributed by atoms with E-state index < -0.39 is 0 Å². The van der Waals surface area contributed by atoms with E-state index in [-0.39, 0.29) is 0 Å². The van der Waals surface area contributed by atoms with Crippen LogP contribution in [-0.2, 0) is 0 Å². The fourth-order valence-corrected chi connectivity index (χ4v) is 3.91. The lowest BCUT2D eigenvalue weighted by molar-refractivity contribution is 0.387. The van der Waals surface area contributed by atoms with E-state index in [0.717, 1.165) is 11.8 Å². The van der Waals surface area contributed by atoms with E-state index in [9.17, 15) is 0 Å². The van der Waals surface area contributed by atoms with Crippen molar-refractivity contribution in [1.82, 2.24) is 4.90 Å². The van der Waals surface area contributed by atoms with E-state index in [1.165, 1.54) is 42.6 Å². The standard InChI is InChI=1S/C17H20N2/c1-18-9-14-11-19(12-15(14)10-18)17-8-4-6-13-5-2-3-7-16(13)17/h2-8,14-15H,9-12H2,1H3. The molecule has 0 radical (unpaired) electrons. The monoisotopic (exact) mass is 252 g/mol. The van der Waals surface area contributed by atoms with Crippen LogP contribution in [0.1, 0.15) is 0 Å². The highest BCUT2D eigenvalue weighted by Crippen LogP contribution is 2.36. The molecule has 2 atom stereocenters. The summed E-state index contributed by atoms with van der Waals surface area (Å²) < 4.78 is 0. The van der Waals surface area contributed by atoms with Crippen molar-refractivity contribution in [3.63, 3.8) is 0 Å². The van der Waals surface area contributed by atoms with E-state index in [2.05, 4.69) is 59.3 Å². The maximum Gasteiger partial charge on any atom is 0.0446 e. The minimum atomic E-state index is 0.865. The summed E-state index contributed by atoms with van der Waals surface area (Å²) in [6, 6.07) is 15.4. The number of hydrogen-bond acceptors (Lipinski definition) is 2. The molecule has 2 aliphatic heterocycles. The molecule has 2 nitrogen and oxygen atoms in total. The maximum absolute atomic E-state index is 2.60. The van der Waals surface area contributed by atoms with Gasteiger partial charge in [-0.3, -0.25) is 0 Å². The van der Waals surface area contributed by atoms with Gasteiger partial charge < -0.3 is 9.80 Å². The molecular formula is C17H20N2. The third kappa shape index (κ3) is 1.82. The molecule has 19 heavy (non-hydrogen) atoms. The van der Waals surface area contributed by atoms with Gasteiger partial charge in [-0.25, -0.2) is 0 Å². The van der Waals surface area contributed by atoms with Crippen LogP contribution in [0.5, 0.6) is 0 Å². The summed E-state index contributed by atoms with van der Waals surface area (Å²) in [6.45, 7) is 4.99. The summed E-state index contributed by atoms with van der Waals surface area (Å²) in [6.07, 6.45) is 0. The van der Waals surface area contributed by atoms with Gasteiger partial charge in [0.2, 0.25) is 0 Å². The number of benzene rings is 2. The average Bonchev–Trinajstić information content (AvgIpc) is 2.95. The maximum atomic E-state index is 2.60. The van der Waals surface area contributed by atoms with Gasteiger partial charge in [-0.15, -0.1) is 0 Å². The molecular weight excluding hydrogens is 232 g/mol. The van der Waals surface area contributed by atoms with Gasteiger partial charge in [0.05, 0.1) is 0 Å². The largest absolute Gasteiger partial charge is 0.370 e. The molecule has 0 saturated carbocycles.